The Kier molecular flexibility index (Phi) is 12.6. The number of rotatable bonds is 7. The quantitative estimate of drug-likeness (QED) is 0.0689. The van der Waals surface area contributed by atoms with Crippen molar-refractivity contribution >= 4 is 16.6 Å². The van der Waals surface area contributed by atoms with Crippen LogP contribution in [0.5, 0.6) is 17.2 Å². The van der Waals surface area contributed by atoms with Crippen LogP contribution in [0.2, 0.25) is 0 Å². The Morgan fingerprint density at radius 3 is 2.09 bits per heavy atom. The second-order valence-electron chi connectivity index (χ2n) is 14.5. The second kappa shape index (κ2) is 19.1. The van der Waals surface area contributed by atoms with Crippen molar-refractivity contribution in [2.24, 2.45) is 0 Å². The SMILES string of the molecule is C#CC#CCOc1cc2c(cc1C(=O)C#CC#C)-c1cc(OC#CC#CC)c(OC#CC#CC)cc1C21c2ccccc2-c2cc(-c3cc[c-]c(-c4nccc5ccccc45)c3)ccc21.[Ir]. The number of ether oxygens (including phenoxy) is 3. The average Bonchev–Trinajstić information content (AvgIpc) is 3.79. The molecule has 0 bridgehead atoms. The summed E-state index contributed by atoms with van der Waals surface area (Å²) in [5, 5.41) is 2.15. The minimum Gasteiger partial charge on any atom is -0.480 e. The van der Waals surface area contributed by atoms with Crippen LogP contribution in [0, 0.1) is 102 Å². The van der Waals surface area contributed by atoms with Crippen molar-refractivity contribution in [3.8, 4) is 158 Å². The molecule has 6 aromatic carbocycles. The monoisotopic (exact) mass is 1020 g/mol. The Balaban J connectivity index is 0.00000592. The van der Waals surface area contributed by atoms with Crippen LogP contribution < -0.4 is 14.2 Å². The summed E-state index contributed by atoms with van der Waals surface area (Å²) in [6.45, 7) is 3.30. The van der Waals surface area contributed by atoms with Crippen molar-refractivity contribution < 1.29 is 39.1 Å². The molecule has 0 fully saturated rings. The van der Waals surface area contributed by atoms with Gasteiger partial charge in [0.2, 0.25) is 5.78 Å². The van der Waals surface area contributed by atoms with Gasteiger partial charge >= 0.3 is 0 Å². The molecule has 0 amide bonds. The van der Waals surface area contributed by atoms with Gasteiger partial charge in [0.25, 0.3) is 0 Å². The minimum atomic E-state index is -0.973. The van der Waals surface area contributed by atoms with Gasteiger partial charge in [-0.1, -0.05) is 72.5 Å². The zero-order valence-electron chi connectivity index (χ0n) is 35.3. The van der Waals surface area contributed by atoms with Gasteiger partial charge in [0.05, 0.1) is 11.0 Å². The average molecular weight is 1020 g/mol. The molecule has 6 heteroatoms. The molecule has 0 N–H and O–H groups in total. The fourth-order valence-corrected chi connectivity index (χ4v) is 8.67. The van der Waals surface area contributed by atoms with Gasteiger partial charge in [0.15, 0.2) is 11.5 Å². The van der Waals surface area contributed by atoms with Gasteiger partial charge in [0.1, 0.15) is 24.6 Å². The Morgan fingerprint density at radius 2 is 1.32 bits per heavy atom. The molecule has 0 saturated carbocycles. The van der Waals surface area contributed by atoms with E-state index in [0.717, 1.165) is 77.7 Å². The van der Waals surface area contributed by atoms with E-state index in [1.54, 1.807) is 19.9 Å². The summed E-state index contributed by atoms with van der Waals surface area (Å²) in [5.41, 5.74) is 10.2. The molecule has 1 radical (unpaired) electrons. The fourth-order valence-electron chi connectivity index (χ4n) is 8.67. The Bertz CT molecular complexity index is 3680. The third kappa shape index (κ3) is 7.71. The molecule has 1 aromatic heterocycles. The van der Waals surface area contributed by atoms with Crippen LogP contribution in [0.1, 0.15) is 46.5 Å². The van der Waals surface area contributed by atoms with E-state index >= 15 is 0 Å². The first kappa shape index (κ1) is 43.6. The molecule has 9 rings (SSSR count). The number of aromatic nitrogens is 1. The van der Waals surface area contributed by atoms with Crippen LogP contribution in [0.3, 0.4) is 0 Å². The van der Waals surface area contributed by atoms with Crippen molar-refractivity contribution in [3.63, 3.8) is 0 Å². The summed E-state index contributed by atoms with van der Waals surface area (Å²) in [6, 6.07) is 42.1. The Labute approximate surface area is 397 Å². The topological polar surface area (TPSA) is 57.7 Å². The van der Waals surface area contributed by atoms with Crippen LogP contribution in [0.25, 0.3) is 55.4 Å². The first-order valence-electron chi connectivity index (χ1n) is 20.2. The molecule has 1 spiro atoms. The van der Waals surface area contributed by atoms with Gasteiger partial charge in [-0.25, -0.2) is 0 Å². The summed E-state index contributed by atoms with van der Waals surface area (Å²) in [5.74, 6) is 31.6. The number of carbonyl (C=O) groups excluding carboxylic acids is 1. The number of nitrogens with zero attached hydrogens (tertiary/aromatic N) is 1. The molecule has 5 nitrogen and oxygen atoms in total. The van der Waals surface area contributed by atoms with Gasteiger partial charge in [0, 0.05) is 38.1 Å². The van der Waals surface area contributed by atoms with Crippen LogP contribution >= 0.6 is 0 Å². The van der Waals surface area contributed by atoms with Crippen LogP contribution in [-0.2, 0) is 25.5 Å². The molecule has 1 unspecified atom stereocenters. The fraction of sp³-hybridized carbons (Fsp3) is 0.0667. The van der Waals surface area contributed by atoms with E-state index in [1.807, 2.05) is 60.8 Å². The van der Waals surface area contributed by atoms with Crippen molar-refractivity contribution in [1.82, 2.24) is 4.98 Å². The molecule has 2 aliphatic carbocycles. The molecule has 66 heavy (non-hydrogen) atoms. The minimum absolute atomic E-state index is 0. The van der Waals surface area contributed by atoms with Crippen molar-refractivity contribution in [1.29, 1.82) is 0 Å². The number of hydrogen-bond acceptors (Lipinski definition) is 5. The predicted molar refractivity (Wildman–Crippen MR) is 255 cm³/mol. The van der Waals surface area contributed by atoms with E-state index in [-0.39, 0.29) is 43.8 Å². The van der Waals surface area contributed by atoms with E-state index < -0.39 is 11.2 Å². The molecule has 7 aromatic rings. The molecular weight excluding hydrogens is 991 g/mol. The summed E-state index contributed by atoms with van der Waals surface area (Å²) in [6.07, 6.45) is 18.1. The maximum absolute atomic E-state index is 13.9. The largest absolute Gasteiger partial charge is 0.480 e. The number of fused-ring (bicyclic) bond motifs is 11. The van der Waals surface area contributed by atoms with E-state index in [4.69, 9.17) is 32.0 Å². The summed E-state index contributed by atoms with van der Waals surface area (Å²) >= 11 is 0. The van der Waals surface area contributed by atoms with Crippen LogP contribution in [-0.4, -0.2) is 17.4 Å². The molecule has 2 aliphatic rings. The number of ketones is 1. The number of terminal acetylenes is 2. The number of benzene rings is 6. The maximum Gasteiger partial charge on any atom is 0.240 e. The maximum atomic E-state index is 13.9. The van der Waals surface area contributed by atoms with Gasteiger partial charge in [-0.05, 0) is 164 Å². The van der Waals surface area contributed by atoms with Gasteiger partial charge in [-0.3, -0.25) is 4.79 Å². The third-order valence-electron chi connectivity index (χ3n) is 11.2. The standard InChI is InChI=1S/C60H30NO4.Ir/c1-5-9-17-32-63-56-39-53-48(37-50(56)55(62)27-12-8-4)49-38-57(64-33-18-10-6-2)58(65-34-19-11-7-3)40-54(49)60(53)51-26-16-15-25-46(51)47-36-43(28-29-52(47)60)42-22-20-23-44(35-42)59-45-24-14-13-21-41(45)30-31-61-59;/h1,4,13-16,20-22,24-26,28-31,35-40H,32H2,2-3H3;/q-1;. The molecule has 309 valence electrons. The normalized spacial score (nSPS) is 12.3. The Morgan fingerprint density at radius 1 is 0.652 bits per heavy atom. The summed E-state index contributed by atoms with van der Waals surface area (Å²) in [4.78, 5) is 18.6. The van der Waals surface area contributed by atoms with E-state index in [1.165, 1.54) is 0 Å². The van der Waals surface area contributed by atoms with Crippen LogP contribution in [0.15, 0.2) is 121 Å². The van der Waals surface area contributed by atoms with Crippen molar-refractivity contribution in [2.75, 3.05) is 6.61 Å². The van der Waals surface area contributed by atoms with Gasteiger partial charge < -0.3 is 19.2 Å². The van der Waals surface area contributed by atoms with E-state index in [9.17, 15) is 4.79 Å². The summed E-state index contributed by atoms with van der Waals surface area (Å²) in [7, 11) is 0. The molecule has 0 aliphatic heterocycles. The molecule has 1 atom stereocenters. The Hall–Kier alpha value is -9.07. The van der Waals surface area contributed by atoms with Gasteiger partial charge in [-0.15, -0.1) is 48.2 Å². The number of pyridine rings is 1. The van der Waals surface area contributed by atoms with Crippen LogP contribution in [0.4, 0.5) is 0 Å². The second-order valence-corrected chi connectivity index (χ2v) is 14.5. The van der Waals surface area contributed by atoms with E-state index in [0.29, 0.717) is 5.75 Å². The number of hydrogen-bond donors (Lipinski definition) is 0. The number of Topliss-reactive ketones (excluding diaryl/α,β-unsaturated/α-hetero) is 1. The number of carbonyl (C=O) groups is 1. The molecule has 0 saturated heterocycles. The van der Waals surface area contributed by atoms with E-state index in [2.05, 4.69) is 144 Å². The predicted octanol–water partition coefficient (Wildman–Crippen LogP) is 10.3. The zero-order chi connectivity index (χ0) is 44.8. The molecule has 1 heterocycles. The van der Waals surface area contributed by atoms with Crippen molar-refractivity contribution in [3.05, 3.63) is 155 Å². The zero-order valence-corrected chi connectivity index (χ0v) is 37.7. The summed E-state index contributed by atoms with van der Waals surface area (Å²) < 4.78 is 18.4. The van der Waals surface area contributed by atoms with Gasteiger partial charge in [-0.2, -0.15) is 0 Å². The third-order valence-corrected chi connectivity index (χ3v) is 11.2. The first-order chi connectivity index (χ1) is 32.0. The smallest absolute Gasteiger partial charge is 0.240 e. The first-order valence-corrected chi connectivity index (χ1v) is 20.2. The van der Waals surface area contributed by atoms with Crippen molar-refractivity contribution in [2.45, 2.75) is 19.3 Å². The molecular formula is C60H30IrNO4-.